The number of nitrogens with one attached hydrogen (secondary N) is 1. The molecule has 110 heavy (non-hydrogen) atoms. The van der Waals surface area contributed by atoms with Gasteiger partial charge in [-0.3, -0.25) is 9.59 Å². The number of hydrogen-bond donors (Lipinski definition) is 20. The molecule has 12 aliphatic rings. The Labute approximate surface area is 633 Å². The first-order valence-corrected chi connectivity index (χ1v) is 38.1. The Morgan fingerprint density at radius 1 is 0.545 bits per heavy atom. The van der Waals surface area contributed by atoms with Gasteiger partial charge in [-0.05, 0) is 111 Å². The lowest BCUT2D eigenvalue weighted by Crippen LogP contribution is -2.70. The first kappa shape index (κ1) is 85.9. The number of aliphatic hydroxyl groups is 18. The van der Waals surface area contributed by atoms with Crippen molar-refractivity contribution in [1.29, 1.82) is 0 Å². The van der Waals surface area contributed by atoms with E-state index in [0.717, 1.165) is 11.9 Å². The number of fused-ring (bicyclic) bond motifs is 7. The van der Waals surface area contributed by atoms with E-state index in [1.807, 2.05) is 13.8 Å². The van der Waals surface area contributed by atoms with Crippen LogP contribution in [0, 0.1) is 50.2 Å². The van der Waals surface area contributed by atoms with Crippen molar-refractivity contribution in [2.45, 2.75) is 328 Å². The van der Waals surface area contributed by atoms with Gasteiger partial charge in [-0.1, -0.05) is 60.1 Å². The predicted octanol–water partition coefficient (Wildman–Crippen LogP) is -6.84. The largest absolute Gasteiger partial charge is 0.479 e. The minimum atomic E-state index is -2.24. The number of aliphatic hydroxyl groups excluding tert-OH is 18. The summed E-state index contributed by atoms with van der Waals surface area (Å²) in [6.45, 7) is 11.3. The number of carbonyl (C=O) groups excluding carboxylic acids is 3. The summed E-state index contributed by atoms with van der Waals surface area (Å²) in [6.07, 6.45) is -53.0. The van der Waals surface area contributed by atoms with Crippen molar-refractivity contribution in [3.05, 3.63) is 11.6 Å². The van der Waals surface area contributed by atoms with E-state index >= 15 is 4.79 Å². The SMILES string of the molecule is CC[C@@H]1O[C@@H](OCC(=O)N[C@H]2C(CO)O[C@@H](OC(=O)[C@]34CCC(C)(C)CC3C3=CCC5C6(C)CC[C@H](O[C@@H]7OC(C(=O)O)[C@@H](O)[C@H](O[C@@H]8OC[C@@H](O)[C@H](O)C8O)C7O[C@@H]7OC(CO)[C@H](O)[C@H](O)C7O)[C@](C)(C=O)[C@@H]6CC[C@]5(C)[C@]3(C)CC4O)C(O[C@@H]3OC(C)[C@H](O[C@@H]4OC[C@@H](O)C(O)C4O)C(O)C3O)C2O)C(O)C1O. The summed E-state index contributed by atoms with van der Waals surface area (Å²) in [4.78, 5) is 57.2. The third kappa shape index (κ3) is 15.0. The van der Waals surface area contributed by atoms with Gasteiger partial charge < -0.3 is 173 Å². The van der Waals surface area contributed by atoms with Crippen molar-refractivity contribution < 1.29 is 183 Å². The molecule has 0 spiro atoms. The second kappa shape index (κ2) is 32.8. The Morgan fingerprint density at radius 3 is 1.72 bits per heavy atom. The fraction of sp³-hybridized carbons (Fsp3) is 0.917. The van der Waals surface area contributed by atoms with Gasteiger partial charge in [0.25, 0.3) is 0 Å². The highest BCUT2D eigenvalue weighted by atomic mass is 16.8. The van der Waals surface area contributed by atoms with Crippen LogP contribution in [0.25, 0.3) is 0 Å². The second-order valence-corrected chi connectivity index (χ2v) is 34.1. The molecular formula is C72H113NO37. The van der Waals surface area contributed by atoms with Gasteiger partial charge in [0.1, 0.15) is 140 Å². The molecule has 11 fully saturated rings. The van der Waals surface area contributed by atoms with Gasteiger partial charge in [0.2, 0.25) is 12.2 Å². The number of carboxylic acids is 1. The zero-order valence-electron chi connectivity index (χ0n) is 62.5. The van der Waals surface area contributed by atoms with E-state index in [-0.39, 0.29) is 31.6 Å². The lowest BCUT2D eigenvalue weighted by molar-refractivity contribution is -0.391. The molecule has 5 aliphatic carbocycles. The van der Waals surface area contributed by atoms with E-state index in [1.165, 1.54) is 6.92 Å². The molecule has 0 bridgehead atoms. The normalized spacial score (nSPS) is 52.9. The molecule has 19 unspecified atom stereocenters. The van der Waals surface area contributed by atoms with Crippen LogP contribution in [-0.4, -0.2) is 363 Å². The summed E-state index contributed by atoms with van der Waals surface area (Å²) in [5.74, 6) is -5.31. The molecule has 12 rings (SSSR count). The van der Waals surface area contributed by atoms with Gasteiger partial charge in [0.05, 0.1) is 62.3 Å². The third-order valence-corrected chi connectivity index (χ3v) is 27.2. The maximum atomic E-state index is 16.1. The van der Waals surface area contributed by atoms with Crippen molar-refractivity contribution in [2.24, 2.45) is 50.2 Å². The summed E-state index contributed by atoms with van der Waals surface area (Å²) in [5, 5.41) is 212. The summed E-state index contributed by atoms with van der Waals surface area (Å²) in [6, 6.07) is -1.66. The van der Waals surface area contributed by atoms with Gasteiger partial charge in [-0.2, -0.15) is 0 Å². The van der Waals surface area contributed by atoms with Crippen molar-refractivity contribution in [3.63, 3.8) is 0 Å². The highest BCUT2D eigenvalue weighted by molar-refractivity contribution is 5.80. The molecule has 0 aromatic rings. The lowest BCUT2D eigenvalue weighted by Gasteiger charge is -2.71. The molecule has 628 valence electrons. The Bertz CT molecular complexity index is 3250. The summed E-state index contributed by atoms with van der Waals surface area (Å²) in [5.41, 5.74) is -5.26. The number of aliphatic carboxylic acids is 1. The average molecular weight is 1580 g/mol. The second-order valence-electron chi connectivity index (χ2n) is 34.1. The number of amides is 1. The molecule has 7 saturated heterocycles. The minimum absolute atomic E-state index is 0.0272. The Morgan fingerprint density at radius 2 is 1.11 bits per heavy atom. The maximum Gasteiger partial charge on any atom is 0.335 e. The standard InChI is InChI=1S/C72H113NO37/c1-9-31-42(83)49(90)59(101-31)99-24-38(80)73-39-32(20-74)102-64(56(44(39)85)108-62-51(92)46(87)53(26(2)100-62)105-60-47(88)40(81)29(77)22-97-60)110-66(96)72-17-16-67(3,4)18-28(72)27-10-11-35-68(5)14-13-37(69(6,25-76)34(68)12-15-70(35,7)71(27,8)19-36(72)79)104-65-57(109-63-50(91)45(86)43(84)33(21-75)103-63)54(52(93)55(107-65)58(94)95)106-61-48(89)41(82)30(78)23-98-61/h10,25-26,28-37,39-57,59-65,74-75,77-79,81-93H,9,11-24H2,1-8H3,(H,73,80)(H,94,95)/t26?,28?,29-,30-,31+,32?,33?,34-,35?,36?,37+,39+,40?,41+,42?,43+,44?,45+,46?,47?,48?,49?,50?,51?,52+,53+,54+,55?,56?,57?,59-,60+,61+,62+,63+,64+,65-,68?,69-,70+,71-,72-/m1/s1. The van der Waals surface area contributed by atoms with Crippen LogP contribution in [0.1, 0.15) is 120 Å². The van der Waals surface area contributed by atoms with Crippen LogP contribution < -0.4 is 5.32 Å². The Kier molecular flexibility index (Phi) is 25.6. The first-order valence-electron chi connectivity index (χ1n) is 38.1. The minimum Gasteiger partial charge on any atom is -0.479 e. The predicted molar refractivity (Wildman–Crippen MR) is 360 cm³/mol. The first-order chi connectivity index (χ1) is 51.7. The number of allylic oxidation sites excluding steroid dienone is 2. The van der Waals surface area contributed by atoms with E-state index < -0.39 is 304 Å². The summed E-state index contributed by atoms with van der Waals surface area (Å²) >= 11 is 0. The van der Waals surface area contributed by atoms with Gasteiger partial charge >= 0.3 is 11.9 Å². The lowest BCUT2D eigenvalue weighted by atomic mass is 9.33. The summed E-state index contributed by atoms with van der Waals surface area (Å²) < 4.78 is 83.8. The van der Waals surface area contributed by atoms with Gasteiger partial charge in [-0.15, -0.1) is 0 Å². The molecule has 42 atom stereocenters. The Hall–Kier alpha value is -3.42. The van der Waals surface area contributed by atoms with E-state index in [9.17, 15) is 111 Å². The number of esters is 1. The molecule has 4 saturated carbocycles. The molecular weight excluding hydrogens is 1470 g/mol. The quantitative estimate of drug-likeness (QED) is 0.0220. The molecule has 7 heterocycles. The zero-order chi connectivity index (χ0) is 80.3. The highest BCUT2D eigenvalue weighted by Gasteiger charge is 2.73. The Balaban J connectivity index is 0.822. The van der Waals surface area contributed by atoms with E-state index in [1.54, 1.807) is 13.8 Å². The fourth-order valence-corrected chi connectivity index (χ4v) is 20.6. The molecule has 0 aromatic heterocycles. The monoisotopic (exact) mass is 1580 g/mol. The topological polar surface area (TPSA) is 594 Å². The van der Waals surface area contributed by atoms with Crippen molar-refractivity contribution in [3.8, 4) is 0 Å². The van der Waals surface area contributed by atoms with E-state index in [4.69, 9.17) is 66.3 Å². The third-order valence-electron chi connectivity index (χ3n) is 27.2. The highest BCUT2D eigenvalue weighted by Crippen LogP contribution is 2.76. The number of hydrogen-bond acceptors (Lipinski definition) is 36. The number of carbonyl (C=O) groups is 4. The number of carboxylic acid groups (broad SMARTS) is 1. The maximum absolute atomic E-state index is 16.1. The van der Waals surface area contributed by atoms with Crippen LogP contribution in [0.5, 0.6) is 0 Å². The molecule has 0 radical (unpaired) electrons. The van der Waals surface area contributed by atoms with Crippen LogP contribution in [0.2, 0.25) is 0 Å². The van der Waals surface area contributed by atoms with Crippen LogP contribution in [0.15, 0.2) is 11.6 Å². The summed E-state index contributed by atoms with van der Waals surface area (Å²) in [7, 11) is 0. The average Bonchev–Trinajstić information content (AvgIpc) is 0.730. The van der Waals surface area contributed by atoms with Gasteiger partial charge in [0, 0.05) is 0 Å². The van der Waals surface area contributed by atoms with E-state index in [0.29, 0.717) is 38.5 Å². The smallest absolute Gasteiger partial charge is 0.335 e. The number of rotatable bonds is 21. The fourth-order valence-electron chi connectivity index (χ4n) is 20.6. The number of ether oxygens (including phenoxy) is 14. The molecule has 20 N–H and O–H groups in total. The van der Waals surface area contributed by atoms with Gasteiger partial charge in [-0.25, -0.2) is 4.79 Å². The number of aldehydes is 1. The van der Waals surface area contributed by atoms with Crippen molar-refractivity contribution >= 4 is 24.1 Å². The molecule has 1 amide bonds. The van der Waals surface area contributed by atoms with Crippen LogP contribution in [0.4, 0.5) is 0 Å². The van der Waals surface area contributed by atoms with Gasteiger partial charge in [0.15, 0.2) is 49.9 Å². The molecule has 7 aliphatic heterocycles. The molecule has 0 aromatic carbocycles. The van der Waals surface area contributed by atoms with Crippen LogP contribution >= 0.6 is 0 Å². The van der Waals surface area contributed by atoms with Crippen molar-refractivity contribution in [2.75, 3.05) is 33.0 Å². The van der Waals surface area contributed by atoms with Crippen molar-refractivity contribution in [1.82, 2.24) is 5.32 Å². The molecule has 38 heteroatoms. The van der Waals surface area contributed by atoms with Crippen LogP contribution in [0.3, 0.4) is 0 Å². The van der Waals surface area contributed by atoms with Crippen LogP contribution in [-0.2, 0) is 85.5 Å². The zero-order valence-corrected chi connectivity index (χ0v) is 62.5. The van der Waals surface area contributed by atoms with E-state index in [2.05, 4.69) is 32.2 Å². The molecule has 38 nitrogen and oxygen atoms in total.